The molecule has 0 aliphatic rings. The fourth-order valence-electron chi connectivity index (χ4n) is 2.31. The minimum absolute atomic E-state index is 0.123. The highest BCUT2D eigenvalue weighted by atomic mass is 32.2. The molecule has 3 heterocycles. The average Bonchev–Trinajstić information content (AvgIpc) is 3.26. The van der Waals surface area contributed by atoms with Crippen molar-refractivity contribution in [3.8, 4) is 11.5 Å². The Morgan fingerprint density at radius 1 is 1.25 bits per heavy atom. The molecule has 0 saturated carbocycles. The Kier molecular flexibility index (Phi) is 4.24. The van der Waals surface area contributed by atoms with Crippen LogP contribution in [0.1, 0.15) is 38.7 Å². The molecule has 3 rings (SSSR count). The van der Waals surface area contributed by atoms with Gasteiger partial charge in [-0.1, -0.05) is 0 Å². The van der Waals surface area contributed by atoms with E-state index in [4.69, 9.17) is 4.42 Å². The van der Waals surface area contributed by atoms with Crippen molar-refractivity contribution in [3.05, 3.63) is 36.5 Å². The van der Waals surface area contributed by atoms with Gasteiger partial charge in [0, 0.05) is 12.2 Å². The molecule has 2 N–H and O–H groups in total. The van der Waals surface area contributed by atoms with Crippen molar-refractivity contribution in [1.29, 1.82) is 0 Å². The fraction of sp³-hybridized carbons (Fsp3) is 0.357. The van der Waals surface area contributed by atoms with Crippen molar-refractivity contribution < 1.29 is 12.8 Å². The lowest BCUT2D eigenvalue weighted by Crippen LogP contribution is -2.29. The third-order valence-corrected chi connectivity index (χ3v) is 4.90. The number of furan rings is 1. The summed E-state index contributed by atoms with van der Waals surface area (Å²) in [7, 11) is -3.83. The van der Waals surface area contributed by atoms with Crippen LogP contribution >= 0.6 is 0 Å². The molecule has 0 unspecified atom stereocenters. The number of hydrogen-bond donors (Lipinski definition) is 2. The predicted octanol–water partition coefficient (Wildman–Crippen LogP) is 1.88. The molecule has 128 valence electrons. The molecule has 1 atom stereocenters. The molecule has 0 saturated heterocycles. The minimum Gasteiger partial charge on any atom is -0.442 e. The molecule has 24 heavy (non-hydrogen) atoms. The summed E-state index contributed by atoms with van der Waals surface area (Å²) >= 11 is 0. The predicted molar refractivity (Wildman–Crippen MR) is 85.4 cm³/mol. The summed E-state index contributed by atoms with van der Waals surface area (Å²) in [6.45, 7) is 5.65. The molecule has 0 fully saturated rings. The molecule has 0 bridgehead atoms. The van der Waals surface area contributed by atoms with Gasteiger partial charge >= 0.3 is 0 Å². The van der Waals surface area contributed by atoms with Gasteiger partial charge < -0.3 is 8.98 Å². The lowest BCUT2D eigenvalue weighted by atomic mass is 10.3. The molecule has 0 amide bonds. The summed E-state index contributed by atoms with van der Waals surface area (Å²) in [5.41, 5.74) is 0.601. The van der Waals surface area contributed by atoms with Crippen LogP contribution in [0.25, 0.3) is 11.5 Å². The normalized spacial score (nSPS) is 13.5. The zero-order chi connectivity index (χ0) is 17.3. The maximum absolute atomic E-state index is 12.5. The van der Waals surface area contributed by atoms with Gasteiger partial charge in [0.05, 0.1) is 6.04 Å². The van der Waals surface area contributed by atoms with Gasteiger partial charge in [0.2, 0.25) is 5.09 Å². The summed E-state index contributed by atoms with van der Waals surface area (Å²) in [6.07, 6.45) is 3.14. The topological polar surface area (TPSA) is 119 Å². The van der Waals surface area contributed by atoms with Crippen LogP contribution in [-0.2, 0) is 10.0 Å². The SMILES string of the molecule is CC(C)n1cnnc1[C@@H](C)NS(=O)(=O)c1ccc(-c2ccn[nH]2)o1. The smallest absolute Gasteiger partial charge is 0.274 e. The van der Waals surface area contributed by atoms with E-state index in [-0.39, 0.29) is 11.1 Å². The van der Waals surface area contributed by atoms with Crippen LogP contribution in [0.4, 0.5) is 0 Å². The number of aromatic amines is 1. The Hall–Kier alpha value is -2.46. The summed E-state index contributed by atoms with van der Waals surface area (Å²) in [6, 6.07) is 4.23. The molecule has 0 aliphatic heterocycles. The zero-order valence-corrected chi connectivity index (χ0v) is 14.3. The van der Waals surface area contributed by atoms with E-state index in [0.29, 0.717) is 17.3 Å². The van der Waals surface area contributed by atoms with Crippen LogP contribution in [0.2, 0.25) is 0 Å². The van der Waals surface area contributed by atoms with Crippen molar-refractivity contribution in [2.45, 2.75) is 37.9 Å². The first-order chi connectivity index (χ1) is 11.4. The van der Waals surface area contributed by atoms with Crippen LogP contribution in [-0.4, -0.2) is 33.4 Å². The fourth-order valence-corrected chi connectivity index (χ4v) is 3.44. The number of H-pyrrole nitrogens is 1. The first-order valence-electron chi connectivity index (χ1n) is 7.40. The molecular formula is C14H18N6O3S. The van der Waals surface area contributed by atoms with Gasteiger partial charge in [-0.15, -0.1) is 10.2 Å². The number of nitrogens with one attached hydrogen (secondary N) is 2. The van der Waals surface area contributed by atoms with Crippen molar-refractivity contribution in [2.24, 2.45) is 0 Å². The molecule has 0 spiro atoms. The van der Waals surface area contributed by atoms with E-state index in [1.165, 1.54) is 6.07 Å². The third kappa shape index (κ3) is 3.10. The van der Waals surface area contributed by atoms with Crippen LogP contribution in [0.3, 0.4) is 0 Å². The molecule has 3 aromatic heterocycles. The molecule has 0 aromatic carbocycles. The Morgan fingerprint density at radius 2 is 2.04 bits per heavy atom. The van der Waals surface area contributed by atoms with E-state index in [9.17, 15) is 8.42 Å². The summed E-state index contributed by atoms with van der Waals surface area (Å²) in [4.78, 5) is 0. The minimum atomic E-state index is -3.83. The number of sulfonamides is 1. The van der Waals surface area contributed by atoms with Crippen molar-refractivity contribution in [3.63, 3.8) is 0 Å². The van der Waals surface area contributed by atoms with E-state index >= 15 is 0 Å². The Balaban J connectivity index is 1.82. The van der Waals surface area contributed by atoms with Gasteiger partial charge in [-0.05, 0) is 39.0 Å². The van der Waals surface area contributed by atoms with Gasteiger partial charge in [-0.2, -0.15) is 9.82 Å². The Morgan fingerprint density at radius 3 is 2.71 bits per heavy atom. The first-order valence-corrected chi connectivity index (χ1v) is 8.88. The van der Waals surface area contributed by atoms with Gasteiger partial charge in [0.15, 0.2) is 11.6 Å². The molecule has 0 aliphatic carbocycles. The van der Waals surface area contributed by atoms with Crippen molar-refractivity contribution in [1.82, 2.24) is 29.7 Å². The maximum atomic E-state index is 12.5. The lowest BCUT2D eigenvalue weighted by molar-refractivity contribution is 0.447. The molecular weight excluding hydrogens is 332 g/mol. The number of nitrogens with zero attached hydrogens (tertiary/aromatic N) is 4. The van der Waals surface area contributed by atoms with Gasteiger partial charge in [-0.3, -0.25) is 5.10 Å². The Labute approximate surface area is 139 Å². The van der Waals surface area contributed by atoms with Gasteiger partial charge in [0.25, 0.3) is 10.0 Å². The van der Waals surface area contributed by atoms with Crippen LogP contribution < -0.4 is 4.72 Å². The highest BCUT2D eigenvalue weighted by Crippen LogP contribution is 2.24. The molecule has 0 radical (unpaired) electrons. The average molecular weight is 350 g/mol. The number of hydrogen-bond acceptors (Lipinski definition) is 6. The quantitative estimate of drug-likeness (QED) is 0.700. The summed E-state index contributed by atoms with van der Waals surface area (Å²) in [5, 5.41) is 14.2. The van der Waals surface area contributed by atoms with Crippen LogP contribution in [0.5, 0.6) is 0 Å². The monoisotopic (exact) mass is 350 g/mol. The highest BCUT2D eigenvalue weighted by Gasteiger charge is 2.25. The van der Waals surface area contributed by atoms with E-state index in [0.717, 1.165) is 0 Å². The third-order valence-electron chi connectivity index (χ3n) is 3.49. The summed E-state index contributed by atoms with van der Waals surface area (Å²) < 4.78 is 34.8. The van der Waals surface area contributed by atoms with Gasteiger partial charge in [0.1, 0.15) is 12.0 Å². The van der Waals surface area contributed by atoms with Gasteiger partial charge in [-0.25, -0.2) is 8.42 Å². The second-order valence-electron chi connectivity index (χ2n) is 5.62. The summed E-state index contributed by atoms with van der Waals surface area (Å²) in [5.74, 6) is 0.930. The van der Waals surface area contributed by atoms with E-state index < -0.39 is 16.1 Å². The number of aromatic nitrogens is 5. The standard InChI is InChI=1S/C14H18N6O3S/c1-9(2)20-8-16-18-14(20)10(3)19-24(21,22)13-5-4-12(23-13)11-6-7-15-17-11/h4-10,19H,1-3H3,(H,15,17)/t10-/m1/s1. The highest BCUT2D eigenvalue weighted by molar-refractivity contribution is 7.89. The molecule has 9 nitrogen and oxygen atoms in total. The number of rotatable bonds is 6. The van der Waals surface area contributed by atoms with Crippen LogP contribution in [0, 0.1) is 0 Å². The maximum Gasteiger partial charge on any atom is 0.274 e. The van der Waals surface area contributed by atoms with E-state index in [1.807, 2.05) is 18.4 Å². The zero-order valence-electron chi connectivity index (χ0n) is 13.5. The second-order valence-corrected chi connectivity index (χ2v) is 7.27. The van der Waals surface area contributed by atoms with Crippen LogP contribution in [0.15, 0.2) is 40.2 Å². The first kappa shape index (κ1) is 16.4. The van der Waals surface area contributed by atoms with Crippen molar-refractivity contribution >= 4 is 10.0 Å². The molecule has 3 aromatic rings. The molecule has 10 heteroatoms. The largest absolute Gasteiger partial charge is 0.442 e. The van der Waals surface area contributed by atoms with E-state index in [1.54, 1.807) is 31.6 Å². The van der Waals surface area contributed by atoms with Crippen molar-refractivity contribution in [2.75, 3.05) is 0 Å². The lowest BCUT2D eigenvalue weighted by Gasteiger charge is -2.16. The second kappa shape index (κ2) is 6.21. The van der Waals surface area contributed by atoms with E-state index in [2.05, 4.69) is 25.1 Å². The Bertz CT molecular complexity index is 910.